The van der Waals surface area contributed by atoms with Crippen LogP contribution in [-0.4, -0.2) is 40.8 Å². The van der Waals surface area contributed by atoms with Gasteiger partial charge in [-0.05, 0) is 79.9 Å². The van der Waals surface area contributed by atoms with Crippen LogP contribution in [0.1, 0.15) is 22.3 Å². The number of ether oxygens (including phenoxy) is 2. The number of carbonyl (C=O) groups is 1. The first kappa shape index (κ1) is 27.5. The number of hydrogen-bond donors (Lipinski definition) is 1. The van der Waals surface area contributed by atoms with Gasteiger partial charge in [0.15, 0.2) is 11.5 Å². The van der Waals surface area contributed by atoms with E-state index in [1.165, 1.54) is 25.5 Å². The number of aryl methyl sites for hydroxylation is 3. The first-order valence-corrected chi connectivity index (χ1v) is 13.0. The number of amides is 1. The normalized spacial score (nSPS) is 11.2. The van der Waals surface area contributed by atoms with Gasteiger partial charge in [-0.3, -0.25) is 9.10 Å². The van der Waals surface area contributed by atoms with Gasteiger partial charge in [0.2, 0.25) is 0 Å². The number of methoxy groups -OCH3 is 1. The SMILES string of the molecule is C=CCOc1ccc(/C=N\NC(=O)CN(c2cc(C)cc(C)c2)S(=O)(=O)c2ccc(C)cc2)cc1OC. The van der Waals surface area contributed by atoms with E-state index in [0.29, 0.717) is 29.4 Å². The molecule has 194 valence electrons. The molecule has 3 aromatic carbocycles. The van der Waals surface area contributed by atoms with Crippen LogP contribution in [-0.2, 0) is 14.8 Å². The first-order chi connectivity index (χ1) is 17.6. The van der Waals surface area contributed by atoms with Crippen LogP contribution in [0.5, 0.6) is 11.5 Å². The average molecular weight is 522 g/mol. The number of nitrogens with zero attached hydrogens (tertiary/aromatic N) is 2. The zero-order valence-electron chi connectivity index (χ0n) is 21.4. The van der Waals surface area contributed by atoms with E-state index >= 15 is 0 Å². The summed E-state index contributed by atoms with van der Waals surface area (Å²) in [4.78, 5) is 12.9. The van der Waals surface area contributed by atoms with Crippen molar-refractivity contribution >= 4 is 27.8 Å². The molecule has 0 spiro atoms. The van der Waals surface area contributed by atoms with Crippen LogP contribution in [0, 0.1) is 20.8 Å². The Morgan fingerprint density at radius 3 is 2.27 bits per heavy atom. The molecule has 0 bridgehead atoms. The number of anilines is 1. The lowest BCUT2D eigenvalue weighted by atomic mass is 10.1. The Hall–Kier alpha value is -4.11. The van der Waals surface area contributed by atoms with E-state index in [0.717, 1.165) is 21.0 Å². The third-order valence-electron chi connectivity index (χ3n) is 5.34. The van der Waals surface area contributed by atoms with Crippen LogP contribution in [0.25, 0.3) is 0 Å². The van der Waals surface area contributed by atoms with E-state index in [-0.39, 0.29) is 4.90 Å². The zero-order chi connectivity index (χ0) is 27.0. The summed E-state index contributed by atoms with van der Waals surface area (Å²) >= 11 is 0. The van der Waals surface area contributed by atoms with E-state index in [1.54, 1.807) is 48.5 Å². The number of benzene rings is 3. The molecule has 1 amide bonds. The zero-order valence-corrected chi connectivity index (χ0v) is 22.2. The first-order valence-electron chi connectivity index (χ1n) is 11.6. The maximum Gasteiger partial charge on any atom is 0.264 e. The highest BCUT2D eigenvalue weighted by atomic mass is 32.2. The molecule has 37 heavy (non-hydrogen) atoms. The molecule has 0 aromatic heterocycles. The molecule has 0 saturated carbocycles. The molecule has 0 atom stereocenters. The second-order valence-electron chi connectivity index (χ2n) is 8.47. The van der Waals surface area contributed by atoms with Gasteiger partial charge >= 0.3 is 0 Å². The topological polar surface area (TPSA) is 97.3 Å². The van der Waals surface area contributed by atoms with Crippen molar-refractivity contribution in [1.29, 1.82) is 0 Å². The van der Waals surface area contributed by atoms with Gasteiger partial charge in [0.1, 0.15) is 13.2 Å². The number of rotatable bonds is 11. The number of hydrogen-bond acceptors (Lipinski definition) is 6. The largest absolute Gasteiger partial charge is 0.493 e. The number of nitrogens with one attached hydrogen (secondary N) is 1. The molecule has 0 aliphatic rings. The van der Waals surface area contributed by atoms with Crippen molar-refractivity contribution in [2.24, 2.45) is 5.10 Å². The van der Waals surface area contributed by atoms with E-state index < -0.39 is 22.5 Å². The summed E-state index contributed by atoms with van der Waals surface area (Å²) in [6, 6.07) is 17.1. The van der Waals surface area contributed by atoms with Gasteiger partial charge < -0.3 is 9.47 Å². The number of sulfonamides is 1. The van der Waals surface area contributed by atoms with Crippen LogP contribution in [0.2, 0.25) is 0 Å². The van der Waals surface area contributed by atoms with Crippen LogP contribution < -0.4 is 19.2 Å². The highest BCUT2D eigenvalue weighted by molar-refractivity contribution is 7.92. The van der Waals surface area contributed by atoms with Crippen molar-refractivity contribution in [1.82, 2.24) is 5.43 Å². The summed E-state index contributed by atoms with van der Waals surface area (Å²) in [7, 11) is -2.49. The third kappa shape index (κ3) is 7.20. The fourth-order valence-electron chi connectivity index (χ4n) is 3.62. The fraction of sp³-hybridized carbons (Fsp3) is 0.214. The van der Waals surface area contributed by atoms with Crippen molar-refractivity contribution < 1.29 is 22.7 Å². The Kier molecular flexibility index (Phi) is 9.08. The minimum atomic E-state index is -4.01. The molecule has 0 aliphatic carbocycles. The van der Waals surface area contributed by atoms with Gasteiger partial charge in [-0.2, -0.15) is 5.10 Å². The second kappa shape index (κ2) is 12.2. The molecule has 0 radical (unpaired) electrons. The summed E-state index contributed by atoms with van der Waals surface area (Å²) in [6.07, 6.45) is 3.07. The molecule has 0 aliphatic heterocycles. The standard InChI is InChI=1S/C28H31N3O5S/c1-6-13-36-26-12-9-23(17-27(26)35-5)18-29-30-28(32)19-31(24-15-21(3)14-22(4)16-24)37(33,34)25-10-7-20(2)8-11-25/h6-12,14-18H,1,13,19H2,2-5H3,(H,30,32)/b29-18-. The van der Waals surface area contributed by atoms with Crippen molar-refractivity contribution in [3.63, 3.8) is 0 Å². The molecule has 0 fully saturated rings. The van der Waals surface area contributed by atoms with Crippen LogP contribution in [0.15, 0.2) is 83.3 Å². The molecule has 3 aromatic rings. The molecule has 1 N–H and O–H groups in total. The second-order valence-corrected chi connectivity index (χ2v) is 10.3. The lowest BCUT2D eigenvalue weighted by Crippen LogP contribution is -2.39. The predicted octanol–water partition coefficient (Wildman–Crippen LogP) is 4.53. The van der Waals surface area contributed by atoms with Crippen molar-refractivity contribution in [2.45, 2.75) is 25.7 Å². The summed E-state index contributed by atoms with van der Waals surface area (Å²) in [5.74, 6) is 0.459. The Bertz CT molecular complexity index is 1380. The molecule has 0 unspecified atom stereocenters. The van der Waals surface area contributed by atoms with Crippen molar-refractivity contribution in [2.75, 3.05) is 24.6 Å². The van der Waals surface area contributed by atoms with Gasteiger partial charge in [-0.25, -0.2) is 13.8 Å². The lowest BCUT2D eigenvalue weighted by Gasteiger charge is -2.24. The summed E-state index contributed by atoms with van der Waals surface area (Å²) < 4.78 is 39.1. The van der Waals surface area contributed by atoms with E-state index in [4.69, 9.17) is 9.47 Å². The Balaban J connectivity index is 1.82. The molecule has 8 nitrogen and oxygen atoms in total. The summed E-state index contributed by atoms with van der Waals surface area (Å²) in [5.41, 5.74) is 6.17. The third-order valence-corrected chi connectivity index (χ3v) is 7.13. The average Bonchev–Trinajstić information content (AvgIpc) is 2.86. The van der Waals surface area contributed by atoms with Crippen molar-refractivity contribution in [3.05, 3.63) is 95.6 Å². The molecule has 0 heterocycles. The smallest absolute Gasteiger partial charge is 0.264 e. The highest BCUT2D eigenvalue weighted by Gasteiger charge is 2.27. The van der Waals surface area contributed by atoms with Crippen LogP contribution in [0.4, 0.5) is 5.69 Å². The van der Waals surface area contributed by atoms with Gasteiger partial charge in [-0.1, -0.05) is 36.4 Å². The maximum atomic E-state index is 13.6. The van der Waals surface area contributed by atoms with E-state index in [2.05, 4.69) is 17.1 Å². The molecule has 3 rings (SSSR count). The van der Waals surface area contributed by atoms with Crippen LogP contribution >= 0.6 is 0 Å². The maximum absolute atomic E-state index is 13.6. The van der Waals surface area contributed by atoms with Gasteiger partial charge in [0.25, 0.3) is 15.9 Å². The summed E-state index contributed by atoms with van der Waals surface area (Å²) in [5, 5.41) is 4.00. The Morgan fingerprint density at radius 2 is 1.65 bits per heavy atom. The Labute approximate surface area is 218 Å². The molecule has 9 heteroatoms. The highest BCUT2D eigenvalue weighted by Crippen LogP contribution is 2.28. The van der Waals surface area contributed by atoms with Gasteiger partial charge in [-0.15, -0.1) is 0 Å². The van der Waals surface area contributed by atoms with E-state index in [1.807, 2.05) is 26.8 Å². The van der Waals surface area contributed by atoms with Gasteiger partial charge in [0.05, 0.1) is 23.9 Å². The Morgan fingerprint density at radius 1 is 0.973 bits per heavy atom. The number of hydrazone groups is 1. The molecule has 0 saturated heterocycles. The molecular weight excluding hydrogens is 490 g/mol. The lowest BCUT2D eigenvalue weighted by molar-refractivity contribution is -0.119. The quantitative estimate of drug-likeness (QED) is 0.227. The molecular formula is C28H31N3O5S. The van der Waals surface area contributed by atoms with Gasteiger partial charge in [0, 0.05) is 0 Å². The van der Waals surface area contributed by atoms with E-state index in [9.17, 15) is 13.2 Å². The predicted molar refractivity (Wildman–Crippen MR) is 146 cm³/mol. The minimum Gasteiger partial charge on any atom is -0.493 e. The summed E-state index contributed by atoms with van der Waals surface area (Å²) in [6.45, 7) is 9.13. The minimum absolute atomic E-state index is 0.0967. The fourth-order valence-corrected chi connectivity index (χ4v) is 5.03. The van der Waals surface area contributed by atoms with Crippen molar-refractivity contribution in [3.8, 4) is 11.5 Å². The number of carbonyl (C=O) groups excluding carboxylic acids is 1. The monoisotopic (exact) mass is 521 g/mol. The van der Waals surface area contributed by atoms with Crippen LogP contribution in [0.3, 0.4) is 0 Å².